The summed E-state index contributed by atoms with van der Waals surface area (Å²) in [7, 11) is 3.81. The first-order chi connectivity index (χ1) is 11.2. The number of nitrogens with zero attached hydrogens (tertiary/aromatic N) is 3. The van der Waals surface area contributed by atoms with Crippen LogP contribution in [0.15, 0.2) is 40.8 Å². The van der Waals surface area contributed by atoms with Gasteiger partial charge in [-0.25, -0.2) is 4.98 Å². The first-order valence-corrected chi connectivity index (χ1v) is 8.64. The van der Waals surface area contributed by atoms with Crippen molar-refractivity contribution >= 4 is 52.9 Å². The molecule has 0 radical (unpaired) electrons. The van der Waals surface area contributed by atoms with Crippen molar-refractivity contribution in [3.8, 4) is 5.88 Å². The zero-order valence-corrected chi connectivity index (χ0v) is 17.6. The van der Waals surface area contributed by atoms with Gasteiger partial charge in [0.1, 0.15) is 11.6 Å². The van der Waals surface area contributed by atoms with E-state index in [0.717, 1.165) is 18.9 Å². The SMILES string of the molecule is CN=C(NCCOc1ncccc1Cl)N(C)CCc1cccs1.I. The summed E-state index contributed by atoms with van der Waals surface area (Å²) in [6, 6.07) is 7.76. The Morgan fingerprint density at radius 1 is 1.42 bits per heavy atom. The summed E-state index contributed by atoms with van der Waals surface area (Å²) in [5, 5.41) is 5.89. The van der Waals surface area contributed by atoms with Gasteiger partial charge in [-0.3, -0.25) is 4.99 Å². The Labute approximate surface area is 169 Å². The average Bonchev–Trinajstić information content (AvgIpc) is 3.08. The van der Waals surface area contributed by atoms with Crippen molar-refractivity contribution in [2.75, 3.05) is 33.8 Å². The van der Waals surface area contributed by atoms with Gasteiger partial charge in [-0.2, -0.15) is 0 Å². The van der Waals surface area contributed by atoms with E-state index >= 15 is 0 Å². The van der Waals surface area contributed by atoms with Gasteiger partial charge in [0.15, 0.2) is 5.96 Å². The average molecular weight is 481 g/mol. The highest BCUT2D eigenvalue weighted by atomic mass is 127. The maximum Gasteiger partial charge on any atom is 0.232 e. The number of ether oxygens (including phenoxy) is 1. The number of aromatic nitrogens is 1. The summed E-state index contributed by atoms with van der Waals surface area (Å²) in [5.41, 5.74) is 0. The maximum absolute atomic E-state index is 5.99. The van der Waals surface area contributed by atoms with Crippen molar-refractivity contribution in [3.05, 3.63) is 45.7 Å². The van der Waals surface area contributed by atoms with Gasteiger partial charge in [0.2, 0.25) is 5.88 Å². The molecule has 2 aromatic heterocycles. The van der Waals surface area contributed by atoms with Crippen LogP contribution in [0.25, 0.3) is 0 Å². The molecule has 0 aliphatic rings. The molecule has 2 heterocycles. The molecule has 132 valence electrons. The summed E-state index contributed by atoms with van der Waals surface area (Å²) >= 11 is 7.77. The Kier molecular flexibility index (Phi) is 10.0. The van der Waals surface area contributed by atoms with Crippen LogP contribution in [-0.4, -0.2) is 49.6 Å². The second-order valence-electron chi connectivity index (χ2n) is 4.86. The standard InChI is InChI=1S/C16H21ClN4OS.HI/c1-18-16(21(2)10-7-13-5-4-12-23-13)20-9-11-22-15-14(17)6-3-8-19-15;/h3-6,8,12H,7,9-11H2,1-2H3,(H,18,20);1H. The molecule has 0 unspecified atom stereocenters. The third-order valence-corrected chi connectivity index (χ3v) is 4.42. The monoisotopic (exact) mass is 480 g/mol. The van der Waals surface area contributed by atoms with Gasteiger partial charge in [-0.1, -0.05) is 17.7 Å². The number of nitrogens with one attached hydrogen (secondary N) is 1. The van der Waals surface area contributed by atoms with Gasteiger partial charge >= 0.3 is 0 Å². The maximum atomic E-state index is 5.99. The molecule has 0 aliphatic heterocycles. The molecule has 0 aromatic carbocycles. The van der Waals surface area contributed by atoms with E-state index in [1.807, 2.05) is 7.05 Å². The van der Waals surface area contributed by atoms with Crippen LogP contribution in [0.2, 0.25) is 5.02 Å². The molecule has 2 aromatic rings. The van der Waals surface area contributed by atoms with E-state index in [9.17, 15) is 0 Å². The zero-order chi connectivity index (χ0) is 16.5. The summed E-state index contributed by atoms with van der Waals surface area (Å²) in [6.45, 7) is 2.00. The Hall–Kier alpha value is -1.06. The number of hydrogen-bond acceptors (Lipinski definition) is 4. The van der Waals surface area contributed by atoms with Crippen LogP contribution < -0.4 is 10.1 Å². The van der Waals surface area contributed by atoms with Crippen LogP contribution in [0, 0.1) is 0 Å². The van der Waals surface area contributed by atoms with E-state index in [-0.39, 0.29) is 24.0 Å². The summed E-state index contributed by atoms with van der Waals surface area (Å²) in [4.78, 5) is 11.9. The van der Waals surface area contributed by atoms with E-state index in [1.165, 1.54) is 4.88 Å². The molecular weight excluding hydrogens is 459 g/mol. The highest BCUT2D eigenvalue weighted by Crippen LogP contribution is 2.19. The van der Waals surface area contributed by atoms with Crippen LogP contribution in [0.5, 0.6) is 5.88 Å². The Morgan fingerprint density at radius 2 is 2.25 bits per heavy atom. The minimum absolute atomic E-state index is 0. The molecule has 0 bridgehead atoms. The Balaban J connectivity index is 0.00000288. The second kappa shape index (κ2) is 11.5. The fourth-order valence-corrected chi connectivity index (χ4v) is 2.89. The fraction of sp³-hybridized carbons (Fsp3) is 0.375. The van der Waals surface area contributed by atoms with Crippen molar-refractivity contribution in [2.45, 2.75) is 6.42 Å². The van der Waals surface area contributed by atoms with E-state index in [2.05, 4.69) is 37.7 Å². The smallest absolute Gasteiger partial charge is 0.232 e. The molecule has 24 heavy (non-hydrogen) atoms. The number of halogens is 2. The number of hydrogen-bond donors (Lipinski definition) is 1. The molecule has 0 saturated carbocycles. The van der Waals surface area contributed by atoms with Crippen molar-refractivity contribution < 1.29 is 4.74 Å². The van der Waals surface area contributed by atoms with Gasteiger partial charge in [0, 0.05) is 31.7 Å². The van der Waals surface area contributed by atoms with E-state index < -0.39 is 0 Å². The molecule has 8 heteroatoms. The minimum Gasteiger partial charge on any atom is -0.475 e. The molecule has 0 saturated heterocycles. The van der Waals surface area contributed by atoms with Crippen LogP contribution in [0.4, 0.5) is 0 Å². The lowest BCUT2D eigenvalue weighted by Gasteiger charge is -2.21. The largest absolute Gasteiger partial charge is 0.475 e. The van der Waals surface area contributed by atoms with E-state index in [0.29, 0.717) is 24.1 Å². The van der Waals surface area contributed by atoms with Gasteiger partial charge < -0.3 is 15.0 Å². The van der Waals surface area contributed by atoms with Crippen LogP contribution in [-0.2, 0) is 6.42 Å². The van der Waals surface area contributed by atoms with Crippen LogP contribution in [0.1, 0.15) is 4.88 Å². The topological polar surface area (TPSA) is 49.8 Å². The molecule has 0 aliphatic carbocycles. The van der Waals surface area contributed by atoms with E-state index in [4.69, 9.17) is 16.3 Å². The minimum atomic E-state index is 0. The number of aliphatic imine (C=N–C) groups is 1. The summed E-state index contributed by atoms with van der Waals surface area (Å²) in [5.74, 6) is 1.30. The quantitative estimate of drug-likeness (QED) is 0.285. The number of likely N-dealkylation sites (N-methyl/N-ethyl adjacent to an activating group) is 1. The van der Waals surface area contributed by atoms with Crippen LogP contribution >= 0.6 is 46.9 Å². The molecule has 0 amide bonds. The number of thiophene rings is 1. The number of rotatable bonds is 7. The fourth-order valence-electron chi connectivity index (χ4n) is 2.01. The van der Waals surface area contributed by atoms with Gasteiger partial charge in [-0.05, 0) is 30.0 Å². The van der Waals surface area contributed by atoms with Gasteiger partial charge in [0.05, 0.1) is 6.54 Å². The molecule has 1 N–H and O–H groups in total. The highest BCUT2D eigenvalue weighted by molar-refractivity contribution is 14.0. The van der Waals surface area contributed by atoms with Gasteiger partial charge in [0.25, 0.3) is 0 Å². The summed E-state index contributed by atoms with van der Waals surface area (Å²) < 4.78 is 5.55. The third kappa shape index (κ3) is 6.82. The zero-order valence-electron chi connectivity index (χ0n) is 13.7. The molecule has 5 nitrogen and oxygen atoms in total. The van der Waals surface area contributed by atoms with Crippen molar-refractivity contribution in [2.24, 2.45) is 4.99 Å². The predicted octanol–water partition coefficient (Wildman–Crippen LogP) is 3.54. The van der Waals surface area contributed by atoms with Crippen molar-refractivity contribution in [3.63, 3.8) is 0 Å². The molecule has 0 fully saturated rings. The predicted molar refractivity (Wildman–Crippen MR) is 112 cm³/mol. The Bertz CT molecular complexity index is 624. The highest BCUT2D eigenvalue weighted by Gasteiger charge is 2.06. The number of guanidine groups is 1. The van der Waals surface area contributed by atoms with Crippen molar-refractivity contribution in [1.82, 2.24) is 15.2 Å². The first kappa shape index (κ1) is 21.0. The molecule has 0 spiro atoms. The number of pyridine rings is 1. The van der Waals surface area contributed by atoms with Crippen molar-refractivity contribution in [1.29, 1.82) is 0 Å². The lowest BCUT2D eigenvalue weighted by Crippen LogP contribution is -2.41. The third-order valence-electron chi connectivity index (χ3n) is 3.20. The summed E-state index contributed by atoms with van der Waals surface area (Å²) in [6.07, 6.45) is 2.67. The second-order valence-corrected chi connectivity index (χ2v) is 6.30. The van der Waals surface area contributed by atoms with E-state index in [1.54, 1.807) is 36.7 Å². The molecule has 0 atom stereocenters. The Morgan fingerprint density at radius 3 is 2.92 bits per heavy atom. The normalized spacial score (nSPS) is 10.9. The lowest BCUT2D eigenvalue weighted by atomic mass is 10.3. The first-order valence-electron chi connectivity index (χ1n) is 7.38. The van der Waals surface area contributed by atoms with Gasteiger partial charge in [-0.15, -0.1) is 35.3 Å². The molecular formula is C16H22ClIN4OS. The molecule has 2 rings (SSSR count). The lowest BCUT2D eigenvalue weighted by molar-refractivity contribution is 0.308. The van der Waals surface area contributed by atoms with Crippen LogP contribution in [0.3, 0.4) is 0 Å².